The molecule has 0 aliphatic carbocycles. The summed E-state index contributed by atoms with van der Waals surface area (Å²) in [6, 6.07) is 10.3. The molecule has 0 saturated carbocycles. The van der Waals surface area contributed by atoms with E-state index in [2.05, 4.69) is 39.9 Å². The number of hydrogen-bond acceptors (Lipinski definition) is 6. The quantitative estimate of drug-likeness (QED) is 0.230. The highest BCUT2D eigenvalue weighted by molar-refractivity contribution is 6.74. The number of rotatable bonds is 8. The highest BCUT2D eigenvalue weighted by Gasteiger charge is 2.39. The van der Waals surface area contributed by atoms with Gasteiger partial charge in [-0.15, -0.1) is 0 Å². The lowest BCUT2D eigenvalue weighted by Crippen LogP contribution is -2.49. The van der Waals surface area contributed by atoms with Gasteiger partial charge in [-0.3, -0.25) is 14.9 Å². The van der Waals surface area contributed by atoms with Crippen LogP contribution in [0.3, 0.4) is 0 Å². The number of carbonyl (C=O) groups is 1. The molecule has 0 fully saturated rings. The molecule has 0 spiro atoms. The van der Waals surface area contributed by atoms with E-state index in [4.69, 9.17) is 13.9 Å². The fourth-order valence-electron chi connectivity index (χ4n) is 4.13. The predicted molar refractivity (Wildman–Crippen MR) is 148 cm³/mol. The van der Waals surface area contributed by atoms with E-state index in [1.54, 1.807) is 18.9 Å². The highest BCUT2D eigenvalue weighted by atomic mass is 28.4. The minimum Gasteiger partial charge on any atom is -0.497 e. The fourth-order valence-corrected chi connectivity index (χ4v) is 5.15. The van der Waals surface area contributed by atoms with Crippen molar-refractivity contribution in [1.82, 2.24) is 4.90 Å². The van der Waals surface area contributed by atoms with E-state index in [-0.39, 0.29) is 22.3 Å². The second-order valence-corrected chi connectivity index (χ2v) is 15.7. The lowest BCUT2D eigenvalue weighted by Gasteiger charge is -2.40. The summed E-state index contributed by atoms with van der Waals surface area (Å²) in [6.45, 7) is 13.3. The molecule has 0 bridgehead atoms. The van der Waals surface area contributed by atoms with Crippen LogP contribution in [-0.2, 0) is 4.43 Å². The molecule has 0 radical (unpaired) electrons. The van der Waals surface area contributed by atoms with E-state index in [1.165, 1.54) is 19.2 Å². The van der Waals surface area contributed by atoms with Gasteiger partial charge in [0.1, 0.15) is 17.1 Å². The number of nitro groups is 1. The van der Waals surface area contributed by atoms with Crippen molar-refractivity contribution < 1.29 is 23.6 Å². The summed E-state index contributed by atoms with van der Waals surface area (Å²) < 4.78 is 17.2. The van der Waals surface area contributed by atoms with Gasteiger partial charge in [0.15, 0.2) is 8.32 Å². The Hall–Kier alpha value is -3.17. The molecule has 0 N–H and O–H groups in total. The van der Waals surface area contributed by atoms with Crippen molar-refractivity contribution in [1.29, 1.82) is 0 Å². The van der Waals surface area contributed by atoms with Crippen molar-refractivity contribution in [2.45, 2.75) is 58.3 Å². The van der Waals surface area contributed by atoms with Crippen molar-refractivity contribution >= 4 is 25.5 Å². The third-order valence-corrected chi connectivity index (χ3v) is 12.0. The number of aryl methyl sites for hydroxylation is 1. The van der Waals surface area contributed by atoms with Crippen LogP contribution in [0.15, 0.2) is 42.5 Å². The average molecular weight is 527 g/mol. The van der Waals surface area contributed by atoms with Crippen LogP contribution in [0, 0.1) is 17.0 Å². The van der Waals surface area contributed by atoms with Gasteiger partial charge >= 0.3 is 0 Å². The monoisotopic (exact) mass is 526 g/mol. The summed E-state index contributed by atoms with van der Waals surface area (Å²) in [5, 5.41) is 11.9. The maximum atomic E-state index is 13.8. The first-order valence-corrected chi connectivity index (χ1v) is 15.3. The second kappa shape index (κ2) is 11.1. The maximum Gasteiger partial charge on any atom is 0.282 e. The van der Waals surface area contributed by atoms with E-state index in [9.17, 15) is 14.9 Å². The number of nitrogens with zero attached hydrogens (tertiary/aromatic N) is 2. The highest BCUT2D eigenvalue weighted by Crippen LogP contribution is 2.38. The minimum atomic E-state index is -2.11. The van der Waals surface area contributed by atoms with Gasteiger partial charge in [0.25, 0.3) is 11.6 Å². The Labute approximate surface area is 220 Å². The van der Waals surface area contributed by atoms with Gasteiger partial charge in [-0.1, -0.05) is 39.0 Å². The van der Waals surface area contributed by atoms with Gasteiger partial charge < -0.3 is 18.8 Å². The third-order valence-electron chi connectivity index (χ3n) is 7.50. The smallest absolute Gasteiger partial charge is 0.282 e. The zero-order valence-corrected chi connectivity index (χ0v) is 24.1. The molecule has 1 atom stereocenters. The van der Waals surface area contributed by atoms with Gasteiger partial charge in [0.2, 0.25) is 0 Å². The zero-order chi connectivity index (χ0) is 27.5. The largest absolute Gasteiger partial charge is 0.497 e. The normalized spacial score (nSPS) is 16.3. The number of benzene rings is 2. The summed E-state index contributed by atoms with van der Waals surface area (Å²) in [7, 11) is 1.01. The van der Waals surface area contributed by atoms with Gasteiger partial charge in [-0.2, -0.15) is 0 Å². The Kier molecular flexibility index (Phi) is 8.49. The summed E-state index contributed by atoms with van der Waals surface area (Å²) in [5.74, 6) is 0.809. The van der Waals surface area contributed by atoms with Gasteiger partial charge in [0, 0.05) is 18.7 Å². The summed E-state index contributed by atoms with van der Waals surface area (Å²) in [6.07, 6.45) is 2.68. The molecule has 37 heavy (non-hydrogen) atoms. The average Bonchev–Trinajstić information content (AvgIpc) is 2.86. The molecule has 2 aromatic carbocycles. The number of methoxy groups -OCH3 is 2. The van der Waals surface area contributed by atoms with E-state index in [0.29, 0.717) is 30.9 Å². The third kappa shape index (κ3) is 6.22. The second-order valence-electron chi connectivity index (χ2n) is 10.9. The predicted octanol–water partition coefficient (Wildman–Crippen LogP) is 6.24. The van der Waals surface area contributed by atoms with Crippen LogP contribution in [0.1, 0.15) is 48.7 Å². The number of carbonyl (C=O) groups excluding carboxylic acids is 1. The molecule has 0 aromatic heterocycles. The zero-order valence-electron chi connectivity index (χ0n) is 23.1. The molecule has 1 aliphatic rings. The maximum absolute atomic E-state index is 13.8. The Morgan fingerprint density at radius 3 is 2.32 bits per heavy atom. The van der Waals surface area contributed by atoms with Crippen LogP contribution in [0.4, 0.5) is 5.69 Å². The molecular weight excluding hydrogens is 488 g/mol. The van der Waals surface area contributed by atoms with Crippen molar-refractivity contribution in [2.24, 2.45) is 0 Å². The summed E-state index contributed by atoms with van der Waals surface area (Å²) in [5.41, 5.74) is 2.55. The number of hydrogen-bond donors (Lipinski definition) is 0. The number of amides is 1. The first-order chi connectivity index (χ1) is 17.3. The van der Waals surface area contributed by atoms with Crippen LogP contribution < -0.4 is 9.47 Å². The summed E-state index contributed by atoms with van der Waals surface area (Å²) >= 11 is 0. The van der Waals surface area contributed by atoms with E-state index >= 15 is 0 Å². The Balaban J connectivity index is 2.02. The van der Waals surface area contributed by atoms with Crippen molar-refractivity contribution in [2.75, 3.05) is 27.4 Å². The molecule has 0 unspecified atom stereocenters. The molecule has 200 valence electrons. The van der Waals surface area contributed by atoms with Crippen LogP contribution in [0.2, 0.25) is 18.1 Å². The van der Waals surface area contributed by atoms with Crippen LogP contribution in [0.5, 0.6) is 11.5 Å². The molecular formula is C28H38N2O6Si. The molecule has 1 aliphatic heterocycles. The van der Waals surface area contributed by atoms with E-state index in [0.717, 1.165) is 16.9 Å². The van der Waals surface area contributed by atoms with Gasteiger partial charge in [-0.25, -0.2) is 0 Å². The molecule has 0 saturated heterocycles. The van der Waals surface area contributed by atoms with Gasteiger partial charge in [-0.05, 0) is 60.3 Å². The fraction of sp³-hybridized carbons (Fsp3) is 0.464. The molecule has 2 aromatic rings. The first-order valence-electron chi connectivity index (χ1n) is 12.4. The van der Waals surface area contributed by atoms with Gasteiger partial charge in [0.05, 0.1) is 31.8 Å². The lowest BCUT2D eigenvalue weighted by molar-refractivity contribution is -0.385. The van der Waals surface area contributed by atoms with E-state index < -0.39 is 19.1 Å². The minimum absolute atomic E-state index is 0.00213. The molecule has 9 heteroatoms. The molecule has 1 heterocycles. The van der Waals surface area contributed by atoms with Crippen LogP contribution in [0.25, 0.3) is 5.57 Å². The topological polar surface area (TPSA) is 91.1 Å². The van der Waals surface area contributed by atoms with Crippen molar-refractivity contribution in [3.63, 3.8) is 0 Å². The molecule has 3 rings (SSSR count). The van der Waals surface area contributed by atoms with E-state index in [1.807, 2.05) is 24.3 Å². The number of ether oxygens (including phenoxy) is 2. The van der Waals surface area contributed by atoms with Crippen LogP contribution >= 0.6 is 0 Å². The Bertz CT molecular complexity index is 1180. The molecule has 1 amide bonds. The lowest BCUT2D eigenvalue weighted by atomic mass is 9.95. The summed E-state index contributed by atoms with van der Waals surface area (Å²) in [4.78, 5) is 26.9. The molecule has 8 nitrogen and oxygen atoms in total. The van der Waals surface area contributed by atoms with Crippen molar-refractivity contribution in [3.05, 3.63) is 69.3 Å². The standard InChI is InChI=1S/C28H38N2O6Si/c1-19-15-25(30(32)33)24(17-26(19)35-6)27(31)29-14-13-21(20-9-11-23(34-5)12-10-20)16-22(29)18-36-37(7,8)28(2,3)4/h9-12,15-17,22H,13-14,18H2,1-8H3/t22-/m0/s1. The Morgan fingerprint density at radius 2 is 1.78 bits per heavy atom. The first kappa shape index (κ1) is 28.4. The Morgan fingerprint density at radius 1 is 1.14 bits per heavy atom. The SMILES string of the molecule is COc1ccc(C2=C[C@@H](CO[Si](C)(C)C(C)(C)C)N(C(=O)c3cc(OC)c(C)cc3[N+](=O)[O-])CC2)cc1. The van der Waals surface area contributed by atoms with Crippen molar-refractivity contribution in [3.8, 4) is 11.5 Å². The number of nitro benzene ring substituents is 1. The van der Waals surface area contributed by atoms with Crippen LogP contribution in [-0.4, -0.2) is 57.5 Å².